The molecular weight excluding hydrogens is 385 g/mol. The van der Waals surface area contributed by atoms with E-state index in [4.69, 9.17) is 11.6 Å². The lowest BCUT2D eigenvalue weighted by molar-refractivity contribution is -0.110. The Labute approximate surface area is 165 Å². The number of nitrogens with one attached hydrogen (secondary N) is 2. The minimum absolute atomic E-state index is 0.0190. The van der Waals surface area contributed by atoms with Gasteiger partial charge in [-0.15, -0.1) is 0 Å². The van der Waals surface area contributed by atoms with E-state index >= 15 is 0 Å². The summed E-state index contributed by atoms with van der Waals surface area (Å²) in [5.41, 5.74) is 1.74. The number of piperidine rings is 1. The van der Waals surface area contributed by atoms with Crippen molar-refractivity contribution in [2.45, 2.75) is 18.9 Å². The fraction of sp³-hybridized carbons (Fsp3) is 0.278. The molecule has 1 amide bonds. The number of amides is 1. The largest absolute Gasteiger partial charge is 0.356 e. The average molecular weight is 402 g/mol. The van der Waals surface area contributed by atoms with Crippen LogP contribution in [0.4, 0.5) is 21.8 Å². The minimum Gasteiger partial charge on any atom is -0.356 e. The van der Waals surface area contributed by atoms with Crippen molar-refractivity contribution >= 4 is 46.5 Å². The fourth-order valence-corrected chi connectivity index (χ4v) is 3.32. The summed E-state index contributed by atoms with van der Waals surface area (Å²) in [4.78, 5) is 30.2. The van der Waals surface area contributed by atoms with E-state index in [1.54, 1.807) is 12.3 Å². The summed E-state index contributed by atoms with van der Waals surface area (Å²) in [7, 11) is 0. The number of rotatable bonds is 5. The summed E-state index contributed by atoms with van der Waals surface area (Å²) in [6, 6.07) is 4.52. The number of halogens is 2. The van der Waals surface area contributed by atoms with Crippen LogP contribution in [0.5, 0.6) is 0 Å². The Morgan fingerprint density at radius 1 is 1.21 bits per heavy atom. The van der Waals surface area contributed by atoms with Gasteiger partial charge >= 0.3 is 0 Å². The molecule has 1 saturated heterocycles. The molecule has 144 valence electrons. The van der Waals surface area contributed by atoms with Gasteiger partial charge in [0.1, 0.15) is 23.2 Å². The lowest BCUT2D eigenvalue weighted by atomic mass is 10.1. The zero-order valence-electron chi connectivity index (χ0n) is 14.8. The molecule has 1 aliphatic heterocycles. The van der Waals surface area contributed by atoms with Crippen molar-refractivity contribution in [1.82, 2.24) is 25.3 Å². The number of hydrogen-bond acceptors (Lipinski definition) is 7. The SMILES string of the molecule is O=CNC1CCN(c2ncc3ncnc(Nc4ccc(F)c(Cl)c4)c3n2)CC1. The number of fused-ring (bicyclic) bond motifs is 1. The van der Waals surface area contributed by atoms with Crippen LogP contribution in [0.1, 0.15) is 12.8 Å². The van der Waals surface area contributed by atoms with Crippen molar-refractivity contribution in [3.63, 3.8) is 0 Å². The van der Waals surface area contributed by atoms with Crippen LogP contribution in [0, 0.1) is 5.82 Å². The van der Waals surface area contributed by atoms with Crippen molar-refractivity contribution in [2.24, 2.45) is 0 Å². The van der Waals surface area contributed by atoms with Crippen LogP contribution in [0.25, 0.3) is 11.0 Å². The first kappa shape index (κ1) is 18.3. The maximum absolute atomic E-state index is 13.4. The first-order valence-electron chi connectivity index (χ1n) is 8.78. The normalized spacial score (nSPS) is 14.9. The number of hydrogen-bond donors (Lipinski definition) is 2. The second-order valence-corrected chi connectivity index (χ2v) is 6.83. The highest BCUT2D eigenvalue weighted by molar-refractivity contribution is 6.31. The van der Waals surface area contributed by atoms with Crippen LogP contribution in [-0.4, -0.2) is 45.5 Å². The second-order valence-electron chi connectivity index (χ2n) is 6.43. The quantitative estimate of drug-likeness (QED) is 0.634. The van der Waals surface area contributed by atoms with Crippen LogP contribution < -0.4 is 15.5 Å². The Balaban J connectivity index is 1.60. The third kappa shape index (κ3) is 3.79. The summed E-state index contributed by atoms with van der Waals surface area (Å²) in [5, 5.41) is 5.94. The third-order valence-corrected chi connectivity index (χ3v) is 4.92. The molecule has 1 fully saturated rings. The maximum Gasteiger partial charge on any atom is 0.226 e. The van der Waals surface area contributed by atoms with Gasteiger partial charge in [-0.2, -0.15) is 0 Å². The molecule has 3 heterocycles. The standard InChI is InChI=1S/C18H17ClFN7O/c19-13-7-12(1-2-14(13)20)25-17-16-15(22-9-23-17)8-21-18(26-16)27-5-3-11(4-6-27)24-10-28/h1-2,7-11H,3-6H2,(H,24,28)(H,22,23,25). The van der Waals surface area contributed by atoms with Crippen LogP contribution in [-0.2, 0) is 4.79 Å². The van der Waals surface area contributed by atoms with E-state index in [0.29, 0.717) is 28.5 Å². The fourth-order valence-electron chi connectivity index (χ4n) is 3.14. The molecule has 0 unspecified atom stereocenters. The lowest BCUT2D eigenvalue weighted by Gasteiger charge is -2.31. The van der Waals surface area contributed by atoms with E-state index in [1.165, 1.54) is 18.5 Å². The second kappa shape index (κ2) is 7.89. The van der Waals surface area contributed by atoms with Gasteiger partial charge in [0.05, 0.1) is 11.2 Å². The number of benzene rings is 1. The summed E-state index contributed by atoms with van der Waals surface area (Å²) in [5.74, 6) is 0.567. The number of anilines is 3. The van der Waals surface area contributed by atoms with Gasteiger partial charge in [-0.1, -0.05) is 11.6 Å². The number of nitrogens with zero attached hydrogens (tertiary/aromatic N) is 5. The van der Waals surface area contributed by atoms with Gasteiger partial charge in [0.15, 0.2) is 5.82 Å². The highest BCUT2D eigenvalue weighted by atomic mass is 35.5. The van der Waals surface area contributed by atoms with Crippen molar-refractivity contribution in [3.8, 4) is 0 Å². The van der Waals surface area contributed by atoms with Crippen molar-refractivity contribution in [3.05, 3.63) is 41.6 Å². The summed E-state index contributed by atoms with van der Waals surface area (Å²) >= 11 is 5.85. The van der Waals surface area contributed by atoms with Crippen LogP contribution in [0.15, 0.2) is 30.7 Å². The van der Waals surface area contributed by atoms with Crippen LogP contribution in [0.2, 0.25) is 5.02 Å². The molecule has 3 aromatic rings. The van der Waals surface area contributed by atoms with Gasteiger partial charge in [0, 0.05) is 24.8 Å². The Hall–Kier alpha value is -3.07. The van der Waals surface area contributed by atoms with E-state index in [0.717, 1.165) is 32.3 Å². The Morgan fingerprint density at radius 2 is 2.04 bits per heavy atom. The molecule has 2 aromatic heterocycles. The van der Waals surface area contributed by atoms with Crippen molar-refractivity contribution in [1.29, 1.82) is 0 Å². The zero-order chi connectivity index (χ0) is 19.5. The van der Waals surface area contributed by atoms with Gasteiger partial charge in [0.25, 0.3) is 0 Å². The smallest absolute Gasteiger partial charge is 0.226 e. The Bertz CT molecular complexity index is 1010. The summed E-state index contributed by atoms with van der Waals surface area (Å²) < 4.78 is 13.4. The molecule has 2 N–H and O–H groups in total. The maximum atomic E-state index is 13.4. The molecule has 0 atom stereocenters. The molecule has 1 aromatic carbocycles. The first-order chi connectivity index (χ1) is 13.6. The van der Waals surface area contributed by atoms with Gasteiger partial charge in [0.2, 0.25) is 12.4 Å². The van der Waals surface area contributed by atoms with Crippen LogP contribution >= 0.6 is 11.6 Å². The van der Waals surface area contributed by atoms with E-state index < -0.39 is 5.82 Å². The predicted molar refractivity (Wildman–Crippen MR) is 104 cm³/mol. The van der Waals surface area contributed by atoms with E-state index in [-0.39, 0.29) is 11.1 Å². The molecule has 1 aliphatic rings. The molecule has 28 heavy (non-hydrogen) atoms. The van der Waals surface area contributed by atoms with E-state index in [9.17, 15) is 9.18 Å². The molecular formula is C18H17ClFN7O. The third-order valence-electron chi connectivity index (χ3n) is 4.63. The van der Waals surface area contributed by atoms with Crippen molar-refractivity contribution < 1.29 is 9.18 Å². The molecule has 0 radical (unpaired) electrons. The first-order valence-corrected chi connectivity index (χ1v) is 9.16. The number of carbonyl (C=O) groups is 1. The van der Waals surface area contributed by atoms with Gasteiger partial charge in [-0.3, -0.25) is 4.79 Å². The molecule has 0 spiro atoms. The average Bonchev–Trinajstić information content (AvgIpc) is 2.72. The monoisotopic (exact) mass is 401 g/mol. The predicted octanol–water partition coefficient (Wildman–Crippen LogP) is 2.67. The Morgan fingerprint density at radius 3 is 2.79 bits per heavy atom. The lowest BCUT2D eigenvalue weighted by Crippen LogP contribution is -2.42. The van der Waals surface area contributed by atoms with Gasteiger partial charge < -0.3 is 15.5 Å². The number of aromatic nitrogens is 4. The van der Waals surface area contributed by atoms with E-state index in [2.05, 4.69) is 35.5 Å². The van der Waals surface area contributed by atoms with E-state index in [1.807, 2.05) is 0 Å². The highest BCUT2D eigenvalue weighted by Crippen LogP contribution is 2.26. The molecule has 10 heteroatoms. The molecule has 0 bridgehead atoms. The topological polar surface area (TPSA) is 95.9 Å². The molecule has 4 rings (SSSR count). The number of carbonyl (C=O) groups excluding carboxylic acids is 1. The van der Waals surface area contributed by atoms with Crippen molar-refractivity contribution in [2.75, 3.05) is 23.3 Å². The molecule has 8 nitrogen and oxygen atoms in total. The highest BCUT2D eigenvalue weighted by Gasteiger charge is 2.21. The zero-order valence-corrected chi connectivity index (χ0v) is 15.5. The Kier molecular flexibility index (Phi) is 5.16. The van der Waals surface area contributed by atoms with Crippen LogP contribution in [0.3, 0.4) is 0 Å². The summed E-state index contributed by atoms with van der Waals surface area (Å²) in [6.45, 7) is 1.47. The molecule has 0 saturated carbocycles. The summed E-state index contributed by atoms with van der Waals surface area (Å²) in [6.07, 6.45) is 5.45. The van der Waals surface area contributed by atoms with Gasteiger partial charge in [-0.25, -0.2) is 24.3 Å². The minimum atomic E-state index is -0.489. The molecule has 0 aliphatic carbocycles. The van der Waals surface area contributed by atoms with Gasteiger partial charge in [-0.05, 0) is 31.0 Å².